The van der Waals surface area contributed by atoms with E-state index in [1.165, 1.54) is 0 Å². The molecule has 3 aromatic rings. The second-order valence-corrected chi connectivity index (χ2v) is 7.03. The van der Waals surface area contributed by atoms with E-state index < -0.39 is 0 Å². The normalized spacial score (nSPS) is 15.4. The molecule has 0 bridgehead atoms. The topological polar surface area (TPSA) is 78.5 Å². The number of aromatic hydroxyl groups is 1. The summed E-state index contributed by atoms with van der Waals surface area (Å²) in [7, 11) is 0. The third kappa shape index (κ3) is 3.16. The minimum atomic E-state index is -0.333. The van der Waals surface area contributed by atoms with E-state index in [0.717, 1.165) is 22.4 Å². The van der Waals surface area contributed by atoms with Gasteiger partial charge in [0.1, 0.15) is 22.9 Å². The van der Waals surface area contributed by atoms with Gasteiger partial charge < -0.3 is 14.7 Å². The zero-order valence-electron chi connectivity index (χ0n) is 16.5. The number of fused-ring (bicyclic) bond motifs is 1. The fourth-order valence-electron chi connectivity index (χ4n) is 3.83. The summed E-state index contributed by atoms with van der Waals surface area (Å²) in [6, 6.07) is 12.7. The van der Waals surface area contributed by atoms with Crippen molar-refractivity contribution >= 4 is 5.91 Å². The van der Waals surface area contributed by atoms with E-state index in [9.17, 15) is 9.90 Å². The molecular weight excluding hydrogens is 366 g/mol. The Morgan fingerprint density at radius 2 is 2.03 bits per heavy atom. The molecule has 1 amide bonds. The second kappa shape index (κ2) is 7.47. The van der Waals surface area contributed by atoms with Crippen molar-refractivity contribution in [1.82, 2.24) is 15.1 Å². The van der Waals surface area contributed by atoms with Crippen LogP contribution in [0.4, 0.5) is 0 Å². The Hall–Kier alpha value is -3.54. The first-order valence-electron chi connectivity index (χ1n) is 9.58. The Bertz CT molecular complexity index is 1070. The summed E-state index contributed by atoms with van der Waals surface area (Å²) < 4.78 is 5.55. The SMILES string of the molecule is C=CCN1C(=O)c2[nH]nc(-c3cc(C)ccc3O)c2[C@@H]1c1ccc(OCC)cc1. The number of nitrogens with zero attached hydrogens (tertiary/aromatic N) is 2. The molecule has 29 heavy (non-hydrogen) atoms. The lowest BCUT2D eigenvalue weighted by Gasteiger charge is -2.25. The number of hydrogen-bond donors (Lipinski definition) is 2. The Kier molecular flexibility index (Phi) is 4.84. The first kappa shape index (κ1) is 18.8. The maximum Gasteiger partial charge on any atom is 0.273 e. The number of aromatic amines is 1. The number of carbonyl (C=O) groups excluding carboxylic acids is 1. The average molecular weight is 389 g/mol. The number of amides is 1. The largest absolute Gasteiger partial charge is 0.507 e. The molecule has 0 unspecified atom stereocenters. The van der Waals surface area contributed by atoms with Crippen LogP contribution >= 0.6 is 0 Å². The third-order valence-electron chi connectivity index (χ3n) is 5.10. The number of aryl methyl sites for hydroxylation is 1. The van der Waals surface area contributed by atoms with Crippen molar-refractivity contribution in [3.8, 4) is 22.8 Å². The van der Waals surface area contributed by atoms with Gasteiger partial charge in [-0.25, -0.2) is 0 Å². The molecule has 4 rings (SSSR count). The molecule has 148 valence electrons. The minimum Gasteiger partial charge on any atom is -0.507 e. The van der Waals surface area contributed by atoms with Gasteiger partial charge in [-0.1, -0.05) is 29.8 Å². The van der Waals surface area contributed by atoms with E-state index in [-0.39, 0.29) is 17.7 Å². The number of rotatable bonds is 6. The summed E-state index contributed by atoms with van der Waals surface area (Å²) in [6.07, 6.45) is 1.71. The summed E-state index contributed by atoms with van der Waals surface area (Å²) in [5, 5.41) is 17.7. The van der Waals surface area contributed by atoms with Crippen molar-refractivity contribution in [2.24, 2.45) is 0 Å². The monoisotopic (exact) mass is 389 g/mol. The lowest BCUT2D eigenvalue weighted by Crippen LogP contribution is -2.29. The van der Waals surface area contributed by atoms with Crippen molar-refractivity contribution in [3.63, 3.8) is 0 Å². The quantitative estimate of drug-likeness (QED) is 0.619. The standard InChI is InChI=1S/C23H23N3O3/c1-4-12-26-22(15-7-9-16(10-8-15)29-5-2)19-20(24-25-21(19)23(26)28)17-13-14(3)6-11-18(17)27/h4,6-11,13,22,27H,1,5,12H2,2-3H3,(H,24,25)/t22-/m0/s1. The van der Waals surface area contributed by atoms with E-state index in [1.54, 1.807) is 17.0 Å². The van der Waals surface area contributed by atoms with Gasteiger partial charge in [0.25, 0.3) is 5.91 Å². The van der Waals surface area contributed by atoms with Crippen LogP contribution in [0.2, 0.25) is 0 Å². The molecule has 0 aliphatic carbocycles. The van der Waals surface area contributed by atoms with Crippen LogP contribution in [0.15, 0.2) is 55.1 Å². The van der Waals surface area contributed by atoms with Gasteiger partial charge in [-0.2, -0.15) is 5.10 Å². The van der Waals surface area contributed by atoms with Gasteiger partial charge in [0, 0.05) is 17.7 Å². The van der Waals surface area contributed by atoms with Crippen molar-refractivity contribution in [3.05, 3.63) is 77.5 Å². The molecule has 2 N–H and O–H groups in total. The van der Waals surface area contributed by atoms with Gasteiger partial charge in [0.15, 0.2) is 0 Å². The number of nitrogens with one attached hydrogen (secondary N) is 1. The van der Waals surface area contributed by atoms with Crippen LogP contribution in [-0.4, -0.2) is 39.3 Å². The first-order valence-corrected chi connectivity index (χ1v) is 9.58. The zero-order valence-corrected chi connectivity index (χ0v) is 16.5. The molecular formula is C23H23N3O3. The minimum absolute atomic E-state index is 0.130. The smallest absolute Gasteiger partial charge is 0.273 e. The number of aromatic nitrogens is 2. The molecule has 0 saturated carbocycles. The summed E-state index contributed by atoms with van der Waals surface area (Å²) in [6.45, 7) is 8.68. The number of phenolic OH excluding ortho intramolecular Hbond substituents is 1. The van der Waals surface area contributed by atoms with Gasteiger partial charge in [-0.05, 0) is 43.7 Å². The predicted octanol–water partition coefficient (Wildman–Crippen LogP) is 4.22. The van der Waals surface area contributed by atoms with E-state index >= 15 is 0 Å². The molecule has 0 fully saturated rings. The lowest BCUT2D eigenvalue weighted by molar-refractivity contribution is 0.0764. The first-order chi connectivity index (χ1) is 14.0. The molecule has 0 radical (unpaired) electrons. The Morgan fingerprint density at radius 3 is 2.72 bits per heavy atom. The molecule has 1 aliphatic rings. The van der Waals surface area contributed by atoms with Gasteiger partial charge in [0.2, 0.25) is 0 Å². The predicted molar refractivity (Wildman–Crippen MR) is 111 cm³/mol. The van der Waals surface area contributed by atoms with E-state index in [2.05, 4.69) is 16.8 Å². The van der Waals surface area contributed by atoms with Crippen LogP contribution < -0.4 is 4.74 Å². The van der Waals surface area contributed by atoms with Gasteiger partial charge in [0.05, 0.1) is 12.6 Å². The summed E-state index contributed by atoms with van der Waals surface area (Å²) in [5.41, 5.74) is 4.34. The highest BCUT2D eigenvalue weighted by molar-refractivity contribution is 6.00. The van der Waals surface area contributed by atoms with Crippen LogP contribution in [0.1, 0.15) is 40.1 Å². The molecule has 1 atom stereocenters. The molecule has 2 aromatic carbocycles. The second-order valence-electron chi connectivity index (χ2n) is 7.03. The van der Waals surface area contributed by atoms with Crippen LogP contribution in [-0.2, 0) is 0 Å². The highest BCUT2D eigenvalue weighted by Gasteiger charge is 2.42. The molecule has 1 aliphatic heterocycles. The lowest BCUT2D eigenvalue weighted by atomic mass is 9.95. The van der Waals surface area contributed by atoms with E-state index in [4.69, 9.17) is 4.74 Å². The number of benzene rings is 2. The maximum atomic E-state index is 13.1. The third-order valence-corrected chi connectivity index (χ3v) is 5.10. The molecule has 6 nitrogen and oxygen atoms in total. The van der Waals surface area contributed by atoms with Gasteiger partial charge in [-0.3, -0.25) is 9.89 Å². The summed E-state index contributed by atoms with van der Waals surface area (Å²) in [4.78, 5) is 14.8. The molecule has 0 spiro atoms. The van der Waals surface area contributed by atoms with Crippen molar-refractivity contribution in [2.75, 3.05) is 13.2 Å². The summed E-state index contributed by atoms with van der Waals surface area (Å²) >= 11 is 0. The number of carbonyl (C=O) groups is 1. The van der Waals surface area contributed by atoms with Crippen LogP contribution in [0, 0.1) is 6.92 Å². The van der Waals surface area contributed by atoms with Crippen molar-refractivity contribution < 1.29 is 14.6 Å². The highest BCUT2D eigenvalue weighted by Crippen LogP contribution is 2.44. The van der Waals surface area contributed by atoms with Crippen molar-refractivity contribution in [1.29, 1.82) is 0 Å². The Labute approximate surface area is 169 Å². The highest BCUT2D eigenvalue weighted by atomic mass is 16.5. The van der Waals surface area contributed by atoms with Crippen LogP contribution in [0.25, 0.3) is 11.3 Å². The van der Waals surface area contributed by atoms with E-state index in [0.29, 0.717) is 30.1 Å². The number of phenols is 1. The van der Waals surface area contributed by atoms with E-state index in [1.807, 2.05) is 50.2 Å². The van der Waals surface area contributed by atoms with Crippen LogP contribution in [0.3, 0.4) is 0 Å². The number of ether oxygens (including phenoxy) is 1. The maximum absolute atomic E-state index is 13.1. The fourth-order valence-corrected chi connectivity index (χ4v) is 3.83. The molecule has 0 saturated heterocycles. The average Bonchev–Trinajstić information content (AvgIpc) is 3.25. The number of hydrogen-bond acceptors (Lipinski definition) is 4. The number of H-pyrrole nitrogens is 1. The zero-order chi connectivity index (χ0) is 20.5. The van der Waals surface area contributed by atoms with Gasteiger partial charge in [-0.15, -0.1) is 6.58 Å². The van der Waals surface area contributed by atoms with Gasteiger partial charge >= 0.3 is 0 Å². The fraction of sp³-hybridized carbons (Fsp3) is 0.217. The Morgan fingerprint density at radius 1 is 1.28 bits per heavy atom. The molecule has 6 heteroatoms. The van der Waals surface area contributed by atoms with Crippen molar-refractivity contribution in [2.45, 2.75) is 19.9 Å². The Balaban J connectivity index is 1.87. The summed E-state index contributed by atoms with van der Waals surface area (Å²) in [5.74, 6) is 0.773. The molecule has 1 aromatic heterocycles. The van der Waals surface area contributed by atoms with Crippen LogP contribution in [0.5, 0.6) is 11.5 Å². The molecule has 2 heterocycles.